The lowest BCUT2D eigenvalue weighted by Crippen LogP contribution is -1.90. The van der Waals surface area contributed by atoms with Gasteiger partial charge in [0, 0.05) is 16.7 Å². The second-order valence-electron chi connectivity index (χ2n) is 12.9. The number of aromatic nitrogens is 4. The number of hydrogen-bond acceptors (Lipinski definition) is 7. The van der Waals surface area contributed by atoms with Gasteiger partial charge in [-0.05, 0) is 114 Å². The van der Waals surface area contributed by atoms with Gasteiger partial charge in [-0.25, -0.2) is 18.5 Å². The Morgan fingerprint density at radius 2 is 0.927 bits per heavy atom. The Bertz CT molecular complexity index is 3010. The van der Waals surface area contributed by atoms with E-state index in [9.17, 15) is 9.13 Å². The predicted molar refractivity (Wildman–Crippen MR) is 217 cm³/mol. The van der Waals surface area contributed by atoms with Crippen molar-refractivity contribution in [3.05, 3.63) is 133 Å². The fourth-order valence-electron chi connectivity index (χ4n) is 7.20. The maximum absolute atomic E-state index is 13.3. The van der Waals surface area contributed by atoms with Crippen LogP contribution in [0, 0.1) is 0 Å². The molecule has 0 aliphatic carbocycles. The SMILES string of the molecule is COc1ccc(-c2c3ccc([nH]3)c3nc(c(-c4ccc(OC)cc4)c4ccc(c5ccc([nH]5)c(-c5ccc(OC)cc5)c5ccc2o5)n4P(=O)=O)C=C3)cc1. The molecule has 3 aromatic carbocycles. The van der Waals surface area contributed by atoms with E-state index in [0.29, 0.717) is 56.2 Å². The molecule has 0 saturated heterocycles. The number of aromatic amines is 2. The zero-order chi connectivity index (χ0) is 37.6. The lowest BCUT2D eigenvalue weighted by Gasteiger charge is -2.07. The molecule has 1 aliphatic heterocycles. The largest absolute Gasteiger partial charge is 0.497 e. The molecule has 10 bridgehead atoms. The van der Waals surface area contributed by atoms with Crippen molar-refractivity contribution in [3.8, 4) is 50.6 Å². The van der Waals surface area contributed by atoms with E-state index in [1.54, 1.807) is 21.3 Å². The average molecular weight is 745 g/mol. The number of furan rings is 1. The van der Waals surface area contributed by atoms with Crippen LogP contribution in [0.3, 0.4) is 0 Å². The normalized spacial score (nSPS) is 11.6. The highest BCUT2D eigenvalue weighted by Crippen LogP contribution is 2.39. The van der Waals surface area contributed by atoms with Gasteiger partial charge in [-0.3, -0.25) is 0 Å². The number of rotatable bonds is 7. The van der Waals surface area contributed by atoms with Crippen LogP contribution in [0.1, 0.15) is 11.4 Å². The lowest BCUT2D eigenvalue weighted by atomic mass is 10.0. The van der Waals surface area contributed by atoms with Gasteiger partial charge >= 0.3 is 7.83 Å². The van der Waals surface area contributed by atoms with Gasteiger partial charge in [0.2, 0.25) is 0 Å². The van der Waals surface area contributed by atoms with Crippen molar-refractivity contribution in [3.63, 3.8) is 0 Å². The van der Waals surface area contributed by atoms with Crippen LogP contribution in [-0.4, -0.2) is 40.6 Å². The number of benzene rings is 3. The molecular weight excluding hydrogens is 711 g/mol. The molecule has 1 aliphatic rings. The van der Waals surface area contributed by atoms with Crippen molar-refractivity contribution in [1.29, 1.82) is 0 Å². The van der Waals surface area contributed by atoms with E-state index in [1.165, 1.54) is 4.34 Å². The molecule has 0 amide bonds. The van der Waals surface area contributed by atoms with E-state index in [-0.39, 0.29) is 0 Å². The summed E-state index contributed by atoms with van der Waals surface area (Å²) < 4.78 is 51.0. The third kappa shape index (κ3) is 5.99. The van der Waals surface area contributed by atoms with Crippen molar-refractivity contribution in [2.45, 2.75) is 0 Å². The molecule has 0 saturated carbocycles. The van der Waals surface area contributed by atoms with Gasteiger partial charge in [-0.2, -0.15) is 0 Å². The average Bonchev–Trinajstić information content (AvgIpc) is 4.07. The van der Waals surface area contributed by atoms with Crippen LogP contribution in [-0.2, 0) is 9.13 Å². The highest BCUT2D eigenvalue weighted by Gasteiger charge is 2.18. The Kier molecular flexibility index (Phi) is 8.44. The number of hydrogen-bond donors (Lipinski definition) is 2. The zero-order valence-corrected chi connectivity index (χ0v) is 30.9. The van der Waals surface area contributed by atoms with Crippen LogP contribution in [0.5, 0.6) is 17.2 Å². The number of ether oxygens (including phenoxy) is 3. The van der Waals surface area contributed by atoms with Crippen LogP contribution < -0.4 is 14.2 Å². The Morgan fingerprint density at radius 1 is 0.491 bits per heavy atom. The molecule has 0 atom stereocenters. The van der Waals surface area contributed by atoms with E-state index in [4.69, 9.17) is 23.6 Å². The topological polar surface area (TPSA) is 124 Å². The standard InChI is InChI=1S/C44H33N4O6P/c1-51-29-10-4-26(5-11-29)42-35-19-16-32(45-35)33-17-20-36(46-33)43(27-6-12-30(52-2)13-7-27)40-24-25-41(54-40)44(28-8-14-31(53-3)15-9-28)37-21-18-34(47-37)38-22-23-39(42)48(38)55(49)50/h4-25,46-47H,1-3H3. The Labute approximate surface area is 315 Å². The number of nitrogens with zero attached hydrogens (tertiary/aromatic N) is 2. The molecule has 0 fully saturated rings. The maximum Gasteiger partial charge on any atom is 0.431 e. The molecule has 2 N–H and O–H groups in total. The van der Waals surface area contributed by atoms with Gasteiger partial charge in [-0.15, -0.1) is 0 Å². The molecule has 55 heavy (non-hydrogen) atoms. The molecule has 5 aromatic heterocycles. The smallest absolute Gasteiger partial charge is 0.431 e. The van der Waals surface area contributed by atoms with E-state index >= 15 is 0 Å². The first kappa shape index (κ1) is 33.8. The molecular formula is C44H33N4O6P. The van der Waals surface area contributed by atoms with Gasteiger partial charge in [0.05, 0.1) is 65.8 Å². The highest BCUT2D eigenvalue weighted by atomic mass is 31.1. The summed E-state index contributed by atoms with van der Waals surface area (Å²) in [4.78, 5) is 12.2. The Balaban J connectivity index is 1.46. The summed E-state index contributed by atoms with van der Waals surface area (Å²) in [5.74, 6) is 2.14. The summed E-state index contributed by atoms with van der Waals surface area (Å²) in [5, 5.41) is 0. The minimum absolute atomic E-state index is 0.467. The van der Waals surface area contributed by atoms with E-state index in [2.05, 4.69) is 9.97 Å². The lowest BCUT2D eigenvalue weighted by molar-refractivity contribution is 0.415. The summed E-state index contributed by atoms with van der Waals surface area (Å²) in [6.07, 6.45) is 3.84. The number of nitrogens with one attached hydrogen (secondary N) is 2. The first-order valence-corrected chi connectivity index (χ1v) is 18.6. The van der Waals surface area contributed by atoms with Gasteiger partial charge in [0.25, 0.3) is 0 Å². The first-order chi connectivity index (χ1) is 26.9. The number of H-pyrrole nitrogens is 2. The van der Waals surface area contributed by atoms with Crippen LogP contribution in [0.25, 0.3) is 89.8 Å². The number of methoxy groups -OCH3 is 3. The Morgan fingerprint density at radius 3 is 1.44 bits per heavy atom. The van der Waals surface area contributed by atoms with Gasteiger partial charge < -0.3 is 28.6 Å². The second kappa shape index (κ2) is 13.7. The van der Waals surface area contributed by atoms with Crippen molar-refractivity contribution < 1.29 is 27.8 Å². The quantitative estimate of drug-likeness (QED) is 0.156. The maximum atomic E-state index is 13.3. The van der Waals surface area contributed by atoms with Crippen LogP contribution >= 0.6 is 7.83 Å². The fourth-order valence-corrected chi connectivity index (χ4v) is 7.89. The van der Waals surface area contributed by atoms with Gasteiger partial charge in [-0.1, -0.05) is 36.4 Å². The third-order valence-electron chi connectivity index (χ3n) is 9.87. The highest BCUT2D eigenvalue weighted by molar-refractivity contribution is 7.29. The summed E-state index contributed by atoms with van der Waals surface area (Å²) in [6, 6.07) is 38.5. The van der Waals surface area contributed by atoms with Gasteiger partial charge in [0.1, 0.15) is 28.4 Å². The van der Waals surface area contributed by atoms with Crippen molar-refractivity contribution in [1.82, 2.24) is 19.3 Å². The van der Waals surface area contributed by atoms with Crippen LogP contribution in [0.2, 0.25) is 0 Å². The second-order valence-corrected chi connectivity index (χ2v) is 13.8. The van der Waals surface area contributed by atoms with Crippen LogP contribution in [0.15, 0.2) is 126 Å². The van der Waals surface area contributed by atoms with Gasteiger partial charge in [0.15, 0.2) is 0 Å². The fraction of sp³-hybridized carbons (Fsp3) is 0.0682. The zero-order valence-electron chi connectivity index (χ0n) is 30.0. The molecule has 6 heterocycles. The molecule has 0 unspecified atom stereocenters. The minimum Gasteiger partial charge on any atom is -0.497 e. The Hall–Kier alpha value is -7.03. The summed E-state index contributed by atoms with van der Waals surface area (Å²) >= 11 is 0. The molecule has 0 spiro atoms. The monoisotopic (exact) mass is 744 g/mol. The molecule has 11 heteroatoms. The first-order valence-electron chi connectivity index (χ1n) is 17.5. The molecule has 270 valence electrons. The number of fused-ring (bicyclic) bond motifs is 12. The van der Waals surface area contributed by atoms with E-state index < -0.39 is 7.83 Å². The summed E-state index contributed by atoms with van der Waals surface area (Å²) in [6.45, 7) is 0. The minimum atomic E-state index is -3.13. The molecule has 10 nitrogen and oxygen atoms in total. The van der Waals surface area contributed by atoms with Crippen molar-refractivity contribution >= 4 is 64.2 Å². The summed E-state index contributed by atoms with van der Waals surface area (Å²) in [5.41, 5.74) is 11.3. The van der Waals surface area contributed by atoms with Crippen LogP contribution in [0.4, 0.5) is 0 Å². The van der Waals surface area contributed by atoms with Crippen molar-refractivity contribution in [2.24, 2.45) is 0 Å². The van der Waals surface area contributed by atoms with E-state index in [1.807, 2.05) is 133 Å². The summed E-state index contributed by atoms with van der Waals surface area (Å²) in [7, 11) is 1.76. The predicted octanol–water partition coefficient (Wildman–Crippen LogP) is 11.4. The molecule has 9 rings (SSSR count). The molecule has 0 radical (unpaired) electrons. The third-order valence-corrected chi connectivity index (χ3v) is 10.6. The van der Waals surface area contributed by atoms with E-state index in [0.717, 1.165) is 50.1 Å². The molecule has 8 aromatic rings. The van der Waals surface area contributed by atoms with Crippen molar-refractivity contribution in [2.75, 3.05) is 21.3 Å².